The summed E-state index contributed by atoms with van der Waals surface area (Å²) in [6.07, 6.45) is -2.24. The number of carbonyl (C=O) groups excluding carboxylic acids is 1. The number of Topliss-reactive ketones (excluding diaryl/α,β-unsaturated/α-hetero) is 1. The Kier molecular flexibility index (Phi) is 4.68. The van der Waals surface area contributed by atoms with Crippen molar-refractivity contribution >= 4 is 11.5 Å². The van der Waals surface area contributed by atoms with Crippen molar-refractivity contribution in [2.75, 3.05) is 6.61 Å². The van der Waals surface area contributed by atoms with Crippen LogP contribution in [0.2, 0.25) is 0 Å². The number of benzene rings is 1. The zero-order valence-electron chi connectivity index (χ0n) is 12.0. The van der Waals surface area contributed by atoms with Crippen molar-refractivity contribution in [3.05, 3.63) is 47.2 Å². The number of alkyl halides is 3. The molecule has 0 spiro atoms. The standard InChI is InChI=1S/C16H16F3NO2/c1-2-6-22-9-11-8-13(20)14(15(11)21)10-4-3-5-12(7-10)16(17,18)19/h3-5,7,9,14,20H,2,6,8H2,1H3. The number of allylic oxidation sites excluding steroid dienone is 1. The molecule has 1 atom stereocenters. The van der Waals surface area contributed by atoms with Crippen LogP contribution >= 0.6 is 0 Å². The Labute approximate surface area is 126 Å². The van der Waals surface area contributed by atoms with Crippen molar-refractivity contribution < 1.29 is 22.7 Å². The van der Waals surface area contributed by atoms with Gasteiger partial charge in [0.05, 0.1) is 24.4 Å². The summed E-state index contributed by atoms with van der Waals surface area (Å²) in [6, 6.07) is 4.59. The molecule has 22 heavy (non-hydrogen) atoms. The molecule has 1 fully saturated rings. The first-order valence-electron chi connectivity index (χ1n) is 6.94. The van der Waals surface area contributed by atoms with Crippen LogP contribution in [-0.2, 0) is 15.7 Å². The van der Waals surface area contributed by atoms with Gasteiger partial charge in [0.2, 0.25) is 0 Å². The van der Waals surface area contributed by atoms with Gasteiger partial charge in [-0.25, -0.2) is 0 Å². The number of ketones is 1. The maximum absolute atomic E-state index is 12.8. The number of halogens is 3. The van der Waals surface area contributed by atoms with Crippen LogP contribution in [-0.4, -0.2) is 18.1 Å². The molecule has 0 aliphatic heterocycles. The lowest BCUT2D eigenvalue weighted by Gasteiger charge is -2.12. The number of rotatable bonds is 4. The Hall–Kier alpha value is -2.11. The second-order valence-corrected chi connectivity index (χ2v) is 5.14. The van der Waals surface area contributed by atoms with Crippen molar-refractivity contribution in [1.82, 2.24) is 0 Å². The van der Waals surface area contributed by atoms with Gasteiger partial charge in [0.1, 0.15) is 0 Å². The van der Waals surface area contributed by atoms with E-state index >= 15 is 0 Å². The molecule has 1 aromatic rings. The molecule has 2 rings (SSSR count). The topological polar surface area (TPSA) is 50.1 Å². The van der Waals surface area contributed by atoms with E-state index in [1.54, 1.807) is 0 Å². The minimum atomic E-state index is -4.47. The van der Waals surface area contributed by atoms with Crippen LogP contribution < -0.4 is 0 Å². The molecule has 3 nitrogen and oxygen atoms in total. The molecular formula is C16H16F3NO2. The lowest BCUT2D eigenvalue weighted by Crippen LogP contribution is -2.14. The van der Waals surface area contributed by atoms with Crippen LogP contribution in [0.3, 0.4) is 0 Å². The fraction of sp³-hybridized carbons (Fsp3) is 0.375. The minimum Gasteiger partial charge on any atom is -0.501 e. The van der Waals surface area contributed by atoms with Gasteiger partial charge in [-0.1, -0.05) is 25.1 Å². The van der Waals surface area contributed by atoms with Gasteiger partial charge >= 0.3 is 6.18 Å². The number of carbonyl (C=O) groups is 1. The molecule has 0 aromatic heterocycles. The number of nitrogens with one attached hydrogen (secondary N) is 1. The van der Waals surface area contributed by atoms with Gasteiger partial charge in [0.25, 0.3) is 0 Å². The largest absolute Gasteiger partial charge is 0.501 e. The van der Waals surface area contributed by atoms with E-state index in [-0.39, 0.29) is 23.5 Å². The molecule has 1 N–H and O–H groups in total. The normalized spacial score (nSPS) is 20.7. The van der Waals surface area contributed by atoms with E-state index in [0.29, 0.717) is 12.2 Å². The third-order valence-corrected chi connectivity index (χ3v) is 3.40. The van der Waals surface area contributed by atoms with Gasteiger partial charge in [-0.2, -0.15) is 13.2 Å². The maximum Gasteiger partial charge on any atom is 0.416 e. The number of hydrogen-bond acceptors (Lipinski definition) is 3. The third-order valence-electron chi connectivity index (χ3n) is 3.40. The summed E-state index contributed by atoms with van der Waals surface area (Å²) >= 11 is 0. The molecule has 6 heteroatoms. The highest BCUT2D eigenvalue weighted by molar-refractivity contribution is 6.23. The molecule has 0 amide bonds. The van der Waals surface area contributed by atoms with E-state index in [0.717, 1.165) is 18.6 Å². The molecule has 1 aliphatic rings. The summed E-state index contributed by atoms with van der Waals surface area (Å²) in [7, 11) is 0. The summed E-state index contributed by atoms with van der Waals surface area (Å²) in [5.41, 5.74) is -0.189. The van der Waals surface area contributed by atoms with Crippen molar-refractivity contribution in [3.8, 4) is 0 Å². The Morgan fingerprint density at radius 3 is 2.77 bits per heavy atom. The first-order chi connectivity index (χ1) is 10.3. The highest BCUT2D eigenvalue weighted by atomic mass is 19.4. The zero-order valence-corrected chi connectivity index (χ0v) is 12.0. The first-order valence-corrected chi connectivity index (χ1v) is 6.94. The zero-order chi connectivity index (χ0) is 16.3. The fourth-order valence-corrected chi connectivity index (χ4v) is 2.36. The lowest BCUT2D eigenvalue weighted by atomic mass is 9.93. The van der Waals surface area contributed by atoms with E-state index in [2.05, 4.69) is 0 Å². The van der Waals surface area contributed by atoms with E-state index in [1.807, 2.05) is 6.92 Å². The van der Waals surface area contributed by atoms with Crippen molar-refractivity contribution in [2.45, 2.75) is 31.9 Å². The second kappa shape index (κ2) is 6.34. The minimum absolute atomic E-state index is 0.0932. The van der Waals surface area contributed by atoms with E-state index < -0.39 is 17.7 Å². The Morgan fingerprint density at radius 1 is 1.41 bits per heavy atom. The Bertz CT molecular complexity index is 620. The fourth-order valence-electron chi connectivity index (χ4n) is 2.36. The smallest absolute Gasteiger partial charge is 0.416 e. The summed E-state index contributed by atoms with van der Waals surface area (Å²) in [5.74, 6) is -1.31. The molecule has 0 bridgehead atoms. The summed E-state index contributed by atoms with van der Waals surface area (Å²) in [4.78, 5) is 12.3. The van der Waals surface area contributed by atoms with Crippen LogP contribution in [0.5, 0.6) is 0 Å². The molecule has 1 aromatic carbocycles. The van der Waals surface area contributed by atoms with Gasteiger partial charge in [0, 0.05) is 17.7 Å². The lowest BCUT2D eigenvalue weighted by molar-refractivity contribution is -0.137. The second-order valence-electron chi connectivity index (χ2n) is 5.14. The van der Waals surface area contributed by atoms with Gasteiger partial charge < -0.3 is 10.1 Å². The van der Waals surface area contributed by atoms with E-state index in [9.17, 15) is 18.0 Å². The molecule has 0 heterocycles. The van der Waals surface area contributed by atoms with Gasteiger partial charge in [-0.3, -0.25) is 4.79 Å². The Morgan fingerprint density at radius 2 is 2.14 bits per heavy atom. The molecule has 118 valence electrons. The molecule has 1 saturated carbocycles. The highest BCUT2D eigenvalue weighted by Gasteiger charge is 2.37. The van der Waals surface area contributed by atoms with Crippen LogP contribution in [0.15, 0.2) is 36.1 Å². The van der Waals surface area contributed by atoms with Crippen molar-refractivity contribution in [3.63, 3.8) is 0 Å². The Balaban J connectivity index is 2.28. The van der Waals surface area contributed by atoms with Gasteiger partial charge in [-0.15, -0.1) is 0 Å². The molecule has 0 saturated heterocycles. The van der Waals surface area contributed by atoms with Crippen LogP contribution in [0.25, 0.3) is 0 Å². The van der Waals surface area contributed by atoms with Gasteiger partial charge in [-0.05, 0) is 18.1 Å². The van der Waals surface area contributed by atoms with E-state index in [4.69, 9.17) is 10.1 Å². The highest BCUT2D eigenvalue weighted by Crippen LogP contribution is 2.35. The molecular weight excluding hydrogens is 295 g/mol. The SMILES string of the molecule is CCCOC=C1CC(=N)C(c2cccc(C(F)(F)F)c2)C1=O. The number of ether oxygens (including phenoxy) is 1. The number of hydrogen-bond donors (Lipinski definition) is 1. The van der Waals surface area contributed by atoms with Crippen LogP contribution in [0, 0.1) is 5.41 Å². The van der Waals surface area contributed by atoms with Crippen molar-refractivity contribution in [1.29, 1.82) is 5.41 Å². The molecule has 1 unspecified atom stereocenters. The summed E-state index contributed by atoms with van der Waals surface area (Å²) in [5, 5.41) is 7.91. The van der Waals surface area contributed by atoms with E-state index in [1.165, 1.54) is 18.4 Å². The quantitative estimate of drug-likeness (QED) is 0.517. The van der Waals surface area contributed by atoms with Gasteiger partial charge in [0.15, 0.2) is 5.78 Å². The average Bonchev–Trinajstić information content (AvgIpc) is 2.73. The molecule has 1 aliphatic carbocycles. The molecule has 0 radical (unpaired) electrons. The van der Waals surface area contributed by atoms with Crippen LogP contribution in [0.1, 0.15) is 36.8 Å². The average molecular weight is 311 g/mol. The maximum atomic E-state index is 12.8. The van der Waals surface area contributed by atoms with Crippen molar-refractivity contribution in [2.24, 2.45) is 0 Å². The summed E-state index contributed by atoms with van der Waals surface area (Å²) in [6.45, 7) is 2.38. The third kappa shape index (κ3) is 3.37. The monoisotopic (exact) mass is 311 g/mol. The first kappa shape index (κ1) is 16.3. The predicted octanol–water partition coefficient (Wildman–Crippen LogP) is 4.09. The van der Waals surface area contributed by atoms with Crippen LogP contribution in [0.4, 0.5) is 13.2 Å². The predicted molar refractivity (Wildman–Crippen MR) is 75.9 cm³/mol. The summed E-state index contributed by atoms with van der Waals surface area (Å²) < 4.78 is 43.5.